The lowest BCUT2D eigenvalue weighted by atomic mass is 10.0. The van der Waals surface area contributed by atoms with E-state index >= 15 is 0 Å². The number of aryl methyl sites for hydroxylation is 1. The fourth-order valence-corrected chi connectivity index (χ4v) is 4.31. The fraction of sp³-hybridized carbons (Fsp3) is 0.421. The predicted molar refractivity (Wildman–Crippen MR) is 96.9 cm³/mol. The summed E-state index contributed by atoms with van der Waals surface area (Å²) in [6, 6.07) is 1.82. The number of thiophene rings is 1. The minimum Gasteiger partial charge on any atom is -0.466 e. The third kappa shape index (κ3) is 3.07. The number of carbonyl (C=O) groups excluding carboxylic acids is 3. The van der Waals surface area contributed by atoms with Gasteiger partial charge < -0.3 is 14.0 Å². The van der Waals surface area contributed by atoms with E-state index in [0.717, 1.165) is 4.88 Å². The van der Waals surface area contributed by atoms with E-state index in [1.165, 1.54) is 0 Å². The Morgan fingerprint density at radius 1 is 1.19 bits per heavy atom. The largest absolute Gasteiger partial charge is 0.466 e. The maximum absolute atomic E-state index is 13.1. The molecule has 0 radical (unpaired) electrons. The number of ether oxygens (including phenoxy) is 2. The highest BCUT2D eigenvalue weighted by atomic mass is 32.1. The number of aromatic nitrogens is 1. The molecule has 0 spiro atoms. The van der Waals surface area contributed by atoms with Crippen LogP contribution in [0, 0.1) is 0 Å². The van der Waals surface area contributed by atoms with Crippen molar-refractivity contribution in [1.82, 2.24) is 4.57 Å². The summed E-state index contributed by atoms with van der Waals surface area (Å²) in [5.74, 6) is -1.05. The molecule has 138 valence electrons. The molecular weight excluding hydrogens is 354 g/mol. The summed E-state index contributed by atoms with van der Waals surface area (Å²) in [5, 5.41) is 1.91. The average Bonchev–Trinajstić information content (AvgIpc) is 3.13. The lowest BCUT2D eigenvalue weighted by Crippen LogP contribution is -2.16. The first-order valence-electron chi connectivity index (χ1n) is 8.63. The van der Waals surface area contributed by atoms with Crippen molar-refractivity contribution in [3.05, 3.63) is 44.4 Å². The molecule has 1 aliphatic rings. The van der Waals surface area contributed by atoms with Crippen molar-refractivity contribution in [3.63, 3.8) is 0 Å². The fourth-order valence-electron chi connectivity index (χ4n) is 3.43. The minimum absolute atomic E-state index is 0.0741. The first-order chi connectivity index (χ1) is 12.5. The first kappa shape index (κ1) is 18.4. The Bertz CT molecular complexity index is 877. The maximum Gasteiger partial charge on any atom is 0.340 e. The average molecular weight is 375 g/mol. The number of esters is 2. The molecule has 0 fully saturated rings. The zero-order chi connectivity index (χ0) is 18.8. The molecule has 0 saturated carbocycles. The molecule has 2 aromatic rings. The van der Waals surface area contributed by atoms with Gasteiger partial charge in [0, 0.05) is 23.2 Å². The van der Waals surface area contributed by atoms with E-state index in [1.54, 1.807) is 36.8 Å². The molecule has 2 aromatic heterocycles. The highest BCUT2D eigenvalue weighted by Crippen LogP contribution is 2.33. The molecule has 3 rings (SSSR count). The van der Waals surface area contributed by atoms with Gasteiger partial charge in [-0.15, -0.1) is 11.3 Å². The van der Waals surface area contributed by atoms with Gasteiger partial charge in [-0.25, -0.2) is 4.79 Å². The van der Waals surface area contributed by atoms with Crippen LogP contribution in [0.3, 0.4) is 0 Å². The van der Waals surface area contributed by atoms with Crippen LogP contribution in [0.25, 0.3) is 0 Å². The molecule has 0 atom stereocenters. The van der Waals surface area contributed by atoms with Gasteiger partial charge in [-0.1, -0.05) is 0 Å². The molecule has 7 heteroatoms. The number of hydrogen-bond acceptors (Lipinski definition) is 6. The van der Waals surface area contributed by atoms with E-state index in [-0.39, 0.29) is 25.4 Å². The molecule has 0 bridgehead atoms. The number of hydrogen-bond donors (Lipinski definition) is 0. The Morgan fingerprint density at radius 2 is 1.92 bits per heavy atom. The molecule has 1 aliphatic carbocycles. The number of rotatable bonds is 5. The van der Waals surface area contributed by atoms with E-state index in [4.69, 9.17) is 9.47 Å². The van der Waals surface area contributed by atoms with Crippen LogP contribution in [0.4, 0.5) is 0 Å². The van der Waals surface area contributed by atoms with Crippen LogP contribution < -0.4 is 0 Å². The zero-order valence-electron chi connectivity index (χ0n) is 15.1. The molecule has 0 aromatic carbocycles. The van der Waals surface area contributed by atoms with Crippen molar-refractivity contribution in [1.29, 1.82) is 0 Å². The van der Waals surface area contributed by atoms with Crippen LogP contribution in [0.5, 0.6) is 0 Å². The van der Waals surface area contributed by atoms with Gasteiger partial charge in [0.25, 0.3) is 0 Å². The summed E-state index contributed by atoms with van der Waals surface area (Å²) < 4.78 is 11.9. The Hall–Kier alpha value is -2.41. The summed E-state index contributed by atoms with van der Waals surface area (Å²) in [5.41, 5.74) is 2.61. The van der Waals surface area contributed by atoms with Gasteiger partial charge in [0.2, 0.25) is 5.78 Å². The molecule has 0 amide bonds. The number of fused-ring (bicyclic) bond motifs is 2. The monoisotopic (exact) mass is 375 g/mol. The van der Waals surface area contributed by atoms with Crippen molar-refractivity contribution in [2.75, 3.05) is 13.2 Å². The Labute approximate surface area is 155 Å². The van der Waals surface area contributed by atoms with E-state index in [2.05, 4.69) is 0 Å². The number of ketones is 1. The van der Waals surface area contributed by atoms with E-state index < -0.39 is 11.9 Å². The summed E-state index contributed by atoms with van der Waals surface area (Å²) in [7, 11) is 1.71. The van der Waals surface area contributed by atoms with Crippen LogP contribution in [-0.4, -0.2) is 35.5 Å². The van der Waals surface area contributed by atoms with Gasteiger partial charge >= 0.3 is 11.9 Å². The van der Waals surface area contributed by atoms with Crippen LogP contribution in [0.1, 0.15) is 56.4 Å². The normalized spacial score (nSPS) is 13.0. The highest BCUT2D eigenvalue weighted by Gasteiger charge is 2.34. The highest BCUT2D eigenvalue weighted by molar-refractivity contribution is 7.10. The molecule has 0 N–H and O–H groups in total. The van der Waals surface area contributed by atoms with Gasteiger partial charge in [0.15, 0.2) is 0 Å². The molecule has 2 heterocycles. The molecule has 26 heavy (non-hydrogen) atoms. The van der Waals surface area contributed by atoms with Gasteiger partial charge in [-0.3, -0.25) is 9.59 Å². The van der Waals surface area contributed by atoms with Crippen LogP contribution >= 0.6 is 11.3 Å². The summed E-state index contributed by atoms with van der Waals surface area (Å²) in [6.45, 7) is 3.94. The van der Waals surface area contributed by atoms with Gasteiger partial charge in [-0.05, 0) is 43.7 Å². The van der Waals surface area contributed by atoms with Crippen molar-refractivity contribution in [2.45, 2.75) is 33.1 Å². The van der Waals surface area contributed by atoms with Gasteiger partial charge in [0.1, 0.15) is 0 Å². The van der Waals surface area contributed by atoms with E-state index in [1.807, 2.05) is 11.4 Å². The SMILES string of the molecule is CCOC(=O)Cc1c(C(=O)OCC)c2c(n1C)C(=O)c1ccsc1CC2. The van der Waals surface area contributed by atoms with Gasteiger partial charge in [-0.2, -0.15) is 0 Å². The van der Waals surface area contributed by atoms with Crippen LogP contribution in [0.15, 0.2) is 11.4 Å². The summed E-state index contributed by atoms with van der Waals surface area (Å²) in [6.07, 6.45) is 1.16. The second-order valence-electron chi connectivity index (χ2n) is 6.00. The Morgan fingerprint density at radius 3 is 2.62 bits per heavy atom. The minimum atomic E-state index is -0.498. The maximum atomic E-state index is 13.1. The molecule has 0 saturated heterocycles. The zero-order valence-corrected chi connectivity index (χ0v) is 15.9. The van der Waals surface area contributed by atoms with Gasteiger partial charge in [0.05, 0.1) is 30.9 Å². The van der Waals surface area contributed by atoms with Crippen molar-refractivity contribution in [2.24, 2.45) is 7.05 Å². The lowest BCUT2D eigenvalue weighted by Gasteiger charge is -2.09. The second-order valence-corrected chi connectivity index (χ2v) is 7.00. The Balaban J connectivity index is 2.15. The predicted octanol–water partition coefficient (Wildman–Crippen LogP) is 2.70. The second kappa shape index (κ2) is 7.45. The number of nitrogens with zero attached hydrogens (tertiary/aromatic N) is 1. The Kier molecular flexibility index (Phi) is 5.27. The quantitative estimate of drug-likeness (QED) is 0.751. The smallest absolute Gasteiger partial charge is 0.340 e. The molecule has 6 nitrogen and oxygen atoms in total. The molecule has 0 unspecified atom stereocenters. The van der Waals surface area contributed by atoms with E-state index in [9.17, 15) is 14.4 Å². The van der Waals surface area contributed by atoms with Crippen molar-refractivity contribution in [3.8, 4) is 0 Å². The standard InChI is InChI=1S/C19H21NO5S/c1-4-24-15(21)10-13-16(19(23)25-5-2)12-6-7-14-11(8-9-26-14)18(22)17(12)20(13)3/h8-9H,4-7,10H2,1-3H3. The van der Waals surface area contributed by atoms with Crippen LogP contribution in [-0.2, 0) is 40.6 Å². The molecular formula is C19H21NO5S. The topological polar surface area (TPSA) is 74.6 Å². The molecule has 0 aliphatic heterocycles. The van der Waals surface area contributed by atoms with E-state index in [0.29, 0.717) is 40.9 Å². The first-order valence-corrected chi connectivity index (χ1v) is 9.51. The number of carbonyl (C=O) groups is 3. The summed E-state index contributed by atoms with van der Waals surface area (Å²) in [4.78, 5) is 38.8. The van der Waals surface area contributed by atoms with Crippen LogP contribution in [0.2, 0.25) is 0 Å². The third-order valence-corrected chi connectivity index (χ3v) is 5.50. The van der Waals surface area contributed by atoms with Crippen molar-refractivity contribution < 1.29 is 23.9 Å². The summed E-state index contributed by atoms with van der Waals surface area (Å²) >= 11 is 1.55. The third-order valence-electron chi connectivity index (χ3n) is 4.52. The lowest BCUT2D eigenvalue weighted by molar-refractivity contribution is -0.142. The van der Waals surface area contributed by atoms with Crippen molar-refractivity contribution >= 4 is 29.1 Å².